The molecule has 0 bridgehead atoms. The number of aromatic nitrogens is 1. The Kier molecular flexibility index (Phi) is 5.44. The molecule has 0 aliphatic carbocycles. The van der Waals surface area contributed by atoms with Crippen LogP contribution in [0.25, 0.3) is 86.0 Å². The summed E-state index contributed by atoms with van der Waals surface area (Å²) < 4.78 is 2.66. The number of thiophene rings is 1. The molecule has 9 aromatic rings. The maximum Gasteiger partial charge on any atom is 0.0714 e. The largest absolute Gasteiger partial charge is 0.256 e. The molecule has 0 amide bonds. The van der Waals surface area contributed by atoms with Crippen molar-refractivity contribution in [3.8, 4) is 33.5 Å². The van der Waals surface area contributed by atoms with Crippen molar-refractivity contribution in [2.45, 2.75) is 0 Å². The highest BCUT2D eigenvalue weighted by molar-refractivity contribution is 7.27. The molecule has 200 valence electrons. The summed E-state index contributed by atoms with van der Waals surface area (Å²) in [5.74, 6) is 0. The second kappa shape index (κ2) is 9.62. The van der Waals surface area contributed by atoms with Crippen molar-refractivity contribution in [3.63, 3.8) is 0 Å². The summed E-state index contributed by atoms with van der Waals surface area (Å²) in [6.07, 6.45) is 2.06. The summed E-state index contributed by atoms with van der Waals surface area (Å²) in [6.45, 7) is 0. The smallest absolute Gasteiger partial charge is 0.0714 e. The third kappa shape index (κ3) is 3.74. The number of fused-ring (bicyclic) bond motifs is 7. The normalized spacial score (nSPS) is 11.7. The van der Waals surface area contributed by atoms with Gasteiger partial charge in [0.2, 0.25) is 0 Å². The standard InChI is InChI=1S/C41H25NS/c1-2-12-27(13-3-1)38-31-15-6-8-17-33(31)39(34-18-9-7-16-32(34)38)37-24-22-28(25-42-37)30-19-10-20-35-36-23-21-26-11-4-5-14-29(26)40(36)43-41(30)35/h1-25H. The Labute approximate surface area is 253 Å². The summed E-state index contributed by atoms with van der Waals surface area (Å²) in [5.41, 5.74) is 7.05. The molecule has 2 aromatic heterocycles. The number of pyridine rings is 1. The average Bonchev–Trinajstić information content (AvgIpc) is 3.47. The molecule has 0 N–H and O–H groups in total. The van der Waals surface area contributed by atoms with E-state index in [0.29, 0.717) is 0 Å². The minimum Gasteiger partial charge on any atom is -0.256 e. The molecule has 0 atom stereocenters. The molecule has 43 heavy (non-hydrogen) atoms. The Morgan fingerprint density at radius 2 is 0.977 bits per heavy atom. The van der Waals surface area contributed by atoms with Gasteiger partial charge in [-0.25, -0.2) is 0 Å². The number of nitrogens with zero attached hydrogens (tertiary/aromatic N) is 1. The molecule has 0 aliphatic heterocycles. The minimum atomic E-state index is 0.991. The summed E-state index contributed by atoms with van der Waals surface area (Å²) in [5, 5.41) is 10.2. The molecule has 0 saturated carbocycles. The predicted molar refractivity (Wildman–Crippen MR) is 186 cm³/mol. The van der Waals surface area contributed by atoms with Crippen molar-refractivity contribution in [3.05, 3.63) is 152 Å². The maximum absolute atomic E-state index is 5.14. The van der Waals surface area contributed by atoms with E-state index < -0.39 is 0 Å². The van der Waals surface area contributed by atoms with Gasteiger partial charge < -0.3 is 0 Å². The molecule has 0 aliphatic rings. The van der Waals surface area contributed by atoms with Crippen LogP contribution in [0.3, 0.4) is 0 Å². The molecular formula is C41H25NS. The van der Waals surface area contributed by atoms with Crippen LogP contribution in [-0.4, -0.2) is 4.98 Å². The predicted octanol–water partition coefficient (Wildman–Crippen LogP) is 11.9. The Balaban J connectivity index is 1.24. The van der Waals surface area contributed by atoms with Crippen molar-refractivity contribution in [2.75, 3.05) is 0 Å². The number of hydrogen-bond acceptors (Lipinski definition) is 2. The molecule has 2 heterocycles. The van der Waals surface area contributed by atoms with Gasteiger partial charge in [-0.05, 0) is 49.5 Å². The van der Waals surface area contributed by atoms with E-state index in [1.807, 2.05) is 11.3 Å². The van der Waals surface area contributed by atoms with E-state index >= 15 is 0 Å². The van der Waals surface area contributed by atoms with Crippen LogP contribution >= 0.6 is 11.3 Å². The highest BCUT2D eigenvalue weighted by Gasteiger charge is 2.18. The average molecular weight is 564 g/mol. The molecule has 2 heteroatoms. The first-order chi connectivity index (χ1) is 21.3. The molecule has 0 saturated heterocycles. The quantitative estimate of drug-likeness (QED) is 0.195. The zero-order valence-electron chi connectivity index (χ0n) is 23.3. The lowest BCUT2D eigenvalue weighted by atomic mass is 9.87. The second-order valence-corrected chi connectivity index (χ2v) is 12.1. The van der Waals surface area contributed by atoms with Crippen molar-refractivity contribution in [1.82, 2.24) is 4.98 Å². The van der Waals surface area contributed by atoms with Crippen LogP contribution in [0.5, 0.6) is 0 Å². The SMILES string of the molecule is c1ccc(-c2c3ccccc3c(-c3ccc(-c4cccc5c4sc4c6ccccc6ccc54)cn3)c3ccccc23)cc1. The van der Waals surface area contributed by atoms with Crippen LogP contribution in [0.1, 0.15) is 0 Å². The lowest BCUT2D eigenvalue weighted by Crippen LogP contribution is -1.92. The van der Waals surface area contributed by atoms with Crippen LogP contribution in [0.15, 0.2) is 152 Å². The highest BCUT2D eigenvalue weighted by atomic mass is 32.1. The van der Waals surface area contributed by atoms with Gasteiger partial charge in [0.15, 0.2) is 0 Å². The zero-order chi connectivity index (χ0) is 28.3. The summed E-state index contributed by atoms with van der Waals surface area (Å²) in [6, 6.07) is 52.5. The van der Waals surface area contributed by atoms with E-state index in [9.17, 15) is 0 Å². The van der Waals surface area contributed by atoms with Gasteiger partial charge in [0, 0.05) is 43.1 Å². The minimum absolute atomic E-state index is 0.991. The highest BCUT2D eigenvalue weighted by Crippen LogP contribution is 2.45. The van der Waals surface area contributed by atoms with Crippen LogP contribution in [0.2, 0.25) is 0 Å². The molecule has 7 aromatic carbocycles. The van der Waals surface area contributed by atoms with Crippen LogP contribution in [0.4, 0.5) is 0 Å². The molecule has 9 rings (SSSR count). The Morgan fingerprint density at radius 1 is 0.372 bits per heavy atom. The molecule has 1 nitrogen and oxygen atoms in total. The summed E-state index contributed by atoms with van der Waals surface area (Å²) >= 11 is 1.89. The second-order valence-electron chi connectivity index (χ2n) is 11.1. The van der Waals surface area contributed by atoms with E-state index in [0.717, 1.165) is 11.3 Å². The van der Waals surface area contributed by atoms with Gasteiger partial charge in [0.1, 0.15) is 0 Å². The lowest BCUT2D eigenvalue weighted by Gasteiger charge is -2.17. The van der Waals surface area contributed by atoms with Crippen molar-refractivity contribution < 1.29 is 0 Å². The van der Waals surface area contributed by atoms with Crippen LogP contribution < -0.4 is 0 Å². The van der Waals surface area contributed by atoms with Gasteiger partial charge in [-0.1, -0.05) is 140 Å². The van der Waals surface area contributed by atoms with E-state index in [1.165, 1.54) is 74.7 Å². The van der Waals surface area contributed by atoms with E-state index in [2.05, 4.69) is 152 Å². The fourth-order valence-electron chi connectivity index (χ4n) is 6.77. The lowest BCUT2D eigenvalue weighted by molar-refractivity contribution is 1.34. The van der Waals surface area contributed by atoms with Gasteiger partial charge in [-0.2, -0.15) is 0 Å². The fraction of sp³-hybridized carbons (Fsp3) is 0. The Hall–Kier alpha value is -5.31. The topological polar surface area (TPSA) is 12.9 Å². The summed E-state index contributed by atoms with van der Waals surface area (Å²) in [4.78, 5) is 5.14. The van der Waals surface area contributed by atoms with Gasteiger partial charge in [-0.3, -0.25) is 4.98 Å². The first-order valence-corrected chi connectivity index (χ1v) is 15.5. The molecule has 0 unspecified atom stereocenters. The molecular weight excluding hydrogens is 539 g/mol. The number of benzene rings is 7. The zero-order valence-corrected chi connectivity index (χ0v) is 24.1. The fourth-order valence-corrected chi connectivity index (χ4v) is 8.15. The molecule has 0 radical (unpaired) electrons. The molecule has 0 fully saturated rings. The van der Waals surface area contributed by atoms with Crippen molar-refractivity contribution in [2.24, 2.45) is 0 Å². The first kappa shape index (κ1) is 24.3. The summed E-state index contributed by atoms with van der Waals surface area (Å²) in [7, 11) is 0. The van der Waals surface area contributed by atoms with Gasteiger partial charge in [-0.15, -0.1) is 11.3 Å². The number of hydrogen-bond donors (Lipinski definition) is 0. The van der Waals surface area contributed by atoms with E-state index in [-0.39, 0.29) is 0 Å². The van der Waals surface area contributed by atoms with Crippen LogP contribution in [0, 0.1) is 0 Å². The van der Waals surface area contributed by atoms with Crippen LogP contribution in [-0.2, 0) is 0 Å². The monoisotopic (exact) mass is 563 g/mol. The molecule has 0 spiro atoms. The van der Waals surface area contributed by atoms with Gasteiger partial charge in [0.25, 0.3) is 0 Å². The Morgan fingerprint density at radius 3 is 1.67 bits per heavy atom. The van der Waals surface area contributed by atoms with Crippen molar-refractivity contribution >= 4 is 63.8 Å². The first-order valence-electron chi connectivity index (χ1n) is 14.6. The van der Waals surface area contributed by atoms with Gasteiger partial charge >= 0.3 is 0 Å². The number of rotatable bonds is 3. The van der Waals surface area contributed by atoms with E-state index in [1.54, 1.807) is 0 Å². The van der Waals surface area contributed by atoms with E-state index in [4.69, 9.17) is 4.98 Å². The van der Waals surface area contributed by atoms with Gasteiger partial charge in [0.05, 0.1) is 5.69 Å². The Bertz CT molecular complexity index is 2430. The maximum atomic E-state index is 5.14. The van der Waals surface area contributed by atoms with Crippen molar-refractivity contribution in [1.29, 1.82) is 0 Å². The third-order valence-corrected chi connectivity index (χ3v) is 10.0. The third-order valence-electron chi connectivity index (χ3n) is 8.71.